The summed E-state index contributed by atoms with van der Waals surface area (Å²) in [6, 6.07) is 8.59. The van der Waals surface area contributed by atoms with Crippen molar-refractivity contribution in [1.29, 1.82) is 0 Å². The van der Waals surface area contributed by atoms with E-state index in [1.165, 1.54) is 23.3 Å². The fourth-order valence-electron chi connectivity index (χ4n) is 2.51. The third kappa shape index (κ3) is 3.80. The van der Waals surface area contributed by atoms with Crippen LogP contribution in [-0.4, -0.2) is 36.0 Å². The molecule has 24 heavy (non-hydrogen) atoms. The van der Waals surface area contributed by atoms with Gasteiger partial charge >= 0.3 is 0 Å². The van der Waals surface area contributed by atoms with Crippen molar-refractivity contribution in [3.63, 3.8) is 0 Å². The van der Waals surface area contributed by atoms with E-state index in [-0.39, 0.29) is 43.9 Å². The number of carbonyl (C=O) groups excluding carboxylic acids is 2. The molecule has 0 unspecified atom stereocenters. The van der Waals surface area contributed by atoms with Crippen LogP contribution in [0.1, 0.15) is 11.3 Å². The number of nitrogens with zero attached hydrogens (tertiary/aromatic N) is 1. The van der Waals surface area contributed by atoms with Gasteiger partial charge in [0.05, 0.1) is 19.4 Å². The molecule has 1 aromatic heterocycles. The molecule has 1 N–H and O–H groups in total. The molecular formula is C17H17FN2O4. The molecule has 126 valence electrons. The maximum atomic E-state index is 13.0. The zero-order chi connectivity index (χ0) is 16.9. The molecular weight excluding hydrogens is 315 g/mol. The molecule has 2 heterocycles. The Balaban J connectivity index is 1.67. The summed E-state index contributed by atoms with van der Waals surface area (Å²) < 4.78 is 23.4. The summed E-state index contributed by atoms with van der Waals surface area (Å²) in [5.74, 6) is -0.318. The molecule has 0 aliphatic carbocycles. The van der Waals surface area contributed by atoms with Crippen molar-refractivity contribution in [2.75, 3.05) is 13.2 Å². The summed E-state index contributed by atoms with van der Waals surface area (Å²) in [5, 5.41) is 2.73. The second kappa shape index (κ2) is 7.27. The van der Waals surface area contributed by atoms with Gasteiger partial charge in [0, 0.05) is 6.54 Å². The number of nitrogens with one attached hydrogen (secondary N) is 1. The van der Waals surface area contributed by atoms with Gasteiger partial charge in [-0.2, -0.15) is 0 Å². The number of benzene rings is 1. The Morgan fingerprint density at radius 2 is 2.08 bits per heavy atom. The fraction of sp³-hybridized carbons (Fsp3) is 0.294. The molecule has 0 spiro atoms. The average Bonchev–Trinajstić information content (AvgIpc) is 3.10. The van der Waals surface area contributed by atoms with Crippen molar-refractivity contribution in [1.82, 2.24) is 10.2 Å². The number of hydrogen-bond acceptors (Lipinski definition) is 4. The van der Waals surface area contributed by atoms with Gasteiger partial charge in [-0.25, -0.2) is 4.39 Å². The molecule has 2 aromatic rings. The van der Waals surface area contributed by atoms with Crippen LogP contribution >= 0.6 is 0 Å². The Morgan fingerprint density at radius 3 is 2.79 bits per heavy atom. The number of rotatable bonds is 5. The second-order valence-corrected chi connectivity index (χ2v) is 5.48. The third-order valence-corrected chi connectivity index (χ3v) is 3.78. The summed E-state index contributed by atoms with van der Waals surface area (Å²) in [6.07, 6.45) is 1.52. The van der Waals surface area contributed by atoms with E-state index in [9.17, 15) is 14.0 Å². The van der Waals surface area contributed by atoms with E-state index in [2.05, 4.69) is 5.32 Å². The number of carbonyl (C=O) groups is 2. The number of hydrogen-bond donors (Lipinski definition) is 1. The zero-order valence-electron chi connectivity index (χ0n) is 12.9. The molecule has 7 heteroatoms. The minimum absolute atomic E-state index is 0.0663. The van der Waals surface area contributed by atoms with Gasteiger partial charge in [0.15, 0.2) is 0 Å². The van der Waals surface area contributed by atoms with Gasteiger partial charge in [0.1, 0.15) is 24.2 Å². The van der Waals surface area contributed by atoms with Crippen molar-refractivity contribution in [2.24, 2.45) is 0 Å². The van der Waals surface area contributed by atoms with Crippen LogP contribution in [0.5, 0.6) is 0 Å². The van der Waals surface area contributed by atoms with E-state index < -0.39 is 6.04 Å². The van der Waals surface area contributed by atoms with E-state index >= 15 is 0 Å². The summed E-state index contributed by atoms with van der Waals surface area (Å²) in [5.41, 5.74) is 0.746. The standard InChI is InChI=1S/C17H17FN2O4/c18-13-5-3-12(4-6-13)9-20-15(10-23-11-16(20)21)17(22)19-8-14-2-1-7-24-14/h1-7,15H,8-11H2,(H,19,22)/t15-/m0/s1. The maximum Gasteiger partial charge on any atom is 0.249 e. The predicted molar refractivity (Wildman–Crippen MR) is 82.1 cm³/mol. The van der Waals surface area contributed by atoms with E-state index in [1.807, 2.05) is 0 Å². The highest BCUT2D eigenvalue weighted by Gasteiger charge is 2.34. The van der Waals surface area contributed by atoms with Gasteiger partial charge in [-0.3, -0.25) is 9.59 Å². The number of amides is 2. The van der Waals surface area contributed by atoms with E-state index in [4.69, 9.17) is 9.15 Å². The Kier molecular flexibility index (Phi) is 4.90. The van der Waals surface area contributed by atoms with E-state index in [0.29, 0.717) is 5.76 Å². The Labute approximate surface area is 138 Å². The molecule has 6 nitrogen and oxygen atoms in total. The van der Waals surface area contributed by atoms with Crippen molar-refractivity contribution >= 4 is 11.8 Å². The topological polar surface area (TPSA) is 71.8 Å². The van der Waals surface area contributed by atoms with Crippen LogP contribution in [0, 0.1) is 5.82 Å². The number of furan rings is 1. The Morgan fingerprint density at radius 1 is 1.29 bits per heavy atom. The minimum atomic E-state index is -0.730. The lowest BCUT2D eigenvalue weighted by Crippen LogP contribution is -2.55. The highest BCUT2D eigenvalue weighted by atomic mass is 19.1. The fourth-order valence-corrected chi connectivity index (χ4v) is 2.51. The minimum Gasteiger partial charge on any atom is -0.467 e. The lowest BCUT2D eigenvalue weighted by molar-refractivity contribution is -0.155. The average molecular weight is 332 g/mol. The van der Waals surface area contributed by atoms with Crippen molar-refractivity contribution < 1.29 is 23.1 Å². The lowest BCUT2D eigenvalue weighted by atomic mass is 10.1. The Hall–Kier alpha value is -2.67. The first kappa shape index (κ1) is 16.2. The molecule has 0 saturated carbocycles. The molecule has 2 amide bonds. The number of ether oxygens (including phenoxy) is 1. The van der Waals surface area contributed by atoms with Gasteiger partial charge in [-0.05, 0) is 29.8 Å². The van der Waals surface area contributed by atoms with Crippen LogP contribution in [0.4, 0.5) is 4.39 Å². The molecule has 1 saturated heterocycles. The molecule has 0 bridgehead atoms. The normalized spacial score (nSPS) is 17.8. The monoisotopic (exact) mass is 332 g/mol. The molecule has 3 rings (SSSR count). The maximum absolute atomic E-state index is 13.0. The molecule has 1 aromatic carbocycles. The van der Waals surface area contributed by atoms with Gasteiger partial charge in [-0.1, -0.05) is 12.1 Å². The summed E-state index contributed by atoms with van der Waals surface area (Å²) >= 11 is 0. The van der Waals surface area contributed by atoms with E-state index in [0.717, 1.165) is 5.56 Å². The number of halogens is 1. The summed E-state index contributed by atoms with van der Waals surface area (Å²) in [6.45, 7) is 0.516. The highest BCUT2D eigenvalue weighted by molar-refractivity contribution is 5.89. The van der Waals surface area contributed by atoms with Crippen LogP contribution in [0.15, 0.2) is 47.1 Å². The zero-order valence-corrected chi connectivity index (χ0v) is 12.9. The summed E-state index contributed by atoms with van der Waals surface area (Å²) in [4.78, 5) is 26.0. The molecule has 1 fully saturated rings. The molecule has 0 radical (unpaired) electrons. The first-order valence-electron chi connectivity index (χ1n) is 7.55. The third-order valence-electron chi connectivity index (χ3n) is 3.78. The van der Waals surface area contributed by atoms with Crippen LogP contribution < -0.4 is 5.32 Å². The van der Waals surface area contributed by atoms with Gasteiger partial charge in [0.2, 0.25) is 11.8 Å². The highest BCUT2D eigenvalue weighted by Crippen LogP contribution is 2.15. The molecule has 1 aliphatic rings. The second-order valence-electron chi connectivity index (χ2n) is 5.48. The quantitative estimate of drug-likeness (QED) is 0.900. The van der Waals surface area contributed by atoms with Crippen molar-refractivity contribution in [3.8, 4) is 0 Å². The Bertz CT molecular complexity index is 700. The van der Waals surface area contributed by atoms with E-state index in [1.54, 1.807) is 24.3 Å². The van der Waals surface area contributed by atoms with Crippen molar-refractivity contribution in [2.45, 2.75) is 19.1 Å². The SMILES string of the molecule is O=C(NCc1ccco1)[C@@H]1COCC(=O)N1Cc1ccc(F)cc1. The number of morpholine rings is 1. The van der Waals surface area contributed by atoms with Crippen LogP contribution in [0.2, 0.25) is 0 Å². The van der Waals surface area contributed by atoms with Crippen LogP contribution in [0.3, 0.4) is 0 Å². The van der Waals surface area contributed by atoms with Crippen LogP contribution in [-0.2, 0) is 27.4 Å². The largest absolute Gasteiger partial charge is 0.467 e. The molecule has 1 aliphatic heterocycles. The predicted octanol–water partition coefficient (Wildman–Crippen LogP) is 1.46. The smallest absolute Gasteiger partial charge is 0.249 e. The first-order valence-corrected chi connectivity index (χ1v) is 7.55. The first-order chi connectivity index (χ1) is 11.6. The molecule has 1 atom stereocenters. The van der Waals surface area contributed by atoms with Crippen LogP contribution in [0.25, 0.3) is 0 Å². The van der Waals surface area contributed by atoms with Gasteiger partial charge in [-0.15, -0.1) is 0 Å². The van der Waals surface area contributed by atoms with Gasteiger partial charge < -0.3 is 19.4 Å². The summed E-state index contributed by atoms with van der Waals surface area (Å²) in [7, 11) is 0. The van der Waals surface area contributed by atoms with Crippen molar-refractivity contribution in [3.05, 3.63) is 59.8 Å². The van der Waals surface area contributed by atoms with Gasteiger partial charge in [0.25, 0.3) is 0 Å². The lowest BCUT2D eigenvalue weighted by Gasteiger charge is -2.34.